The van der Waals surface area contributed by atoms with E-state index in [0.717, 1.165) is 48.8 Å². The molecule has 0 atom stereocenters. The number of carbonyl (C=O) groups excluding carboxylic acids is 1. The van der Waals surface area contributed by atoms with Gasteiger partial charge >= 0.3 is 0 Å². The fraction of sp³-hybridized carbons (Fsp3) is 0.333. The number of rotatable bonds is 11. The van der Waals surface area contributed by atoms with Crippen molar-refractivity contribution in [1.82, 2.24) is 9.88 Å². The summed E-state index contributed by atoms with van der Waals surface area (Å²) in [4.78, 5) is 19.5. The monoisotopic (exact) mass is 423 g/mol. The maximum Gasteiger partial charge on any atom is 0.275 e. The van der Waals surface area contributed by atoms with E-state index in [4.69, 9.17) is 4.74 Å². The Labute approximate surface area is 182 Å². The van der Waals surface area contributed by atoms with Crippen LogP contribution in [0.1, 0.15) is 37.2 Å². The van der Waals surface area contributed by atoms with Crippen LogP contribution in [-0.4, -0.2) is 42.0 Å². The van der Waals surface area contributed by atoms with E-state index in [0.29, 0.717) is 18.0 Å². The molecule has 1 N–H and O–H groups in total. The summed E-state index contributed by atoms with van der Waals surface area (Å²) in [7, 11) is 0. The van der Waals surface area contributed by atoms with Gasteiger partial charge in [-0.15, -0.1) is 11.3 Å². The number of hydrogen-bond donors (Lipinski definition) is 1. The molecular formula is C24H29N3O2S. The molecule has 0 radical (unpaired) electrons. The minimum absolute atomic E-state index is 0.220. The summed E-state index contributed by atoms with van der Waals surface area (Å²) < 4.78 is 5.91. The van der Waals surface area contributed by atoms with Gasteiger partial charge in [-0.3, -0.25) is 9.69 Å². The van der Waals surface area contributed by atoms with Crippen molar-refractivity contribution < 1.29 is 9.53 Å². The topological polar surface area (TPSA) is 54.5 Å². The number of benzene rings is 2. The molecular weight excluding hydrogens is 394 g/mol. The fourth-order valence-electron chi connectivity index (χ4n) is 3.21. The third kappa shape index (κ3) is 6.40. The molecule has 0 saturated carbocycles. The molecule has 2 aromatic carbocycles. The Kier molecular flexibility index (Phi) is 8.41. The standard InChI is InChI=1S/C24H29N3O2S/c1-3-13-27(14-4-2)15-16-29-21-12-8-11-20(17-21)25-23(28)22-18-30-24(26-22)19-9-6-5-7-10-19/h5-12,17-18H,3-4,13-16H2,1-2H3,(H,25,28). The third-order valence-corrected chi connectivity index (χ3v) is 5.50. The second-order valence-corrected chi connectivity index (χ2v) is 7.93. The number of thiazole rings is 1. The Morgan fingerprint density at radius 1 is 1.03 bits per heavy atom. The number of hydrogen-bond acceptors (Lipinski definition) is 5. The van der Waals surface area contributed by atoms with Crippen molar-refractivity contribution >= 4 is 22.9 Å². The molecule has 0 aliphatic carbocycles. The summed E-state index contributed by atoms with van der Waals surface area (Å²) in [6.45, 7) is 8.10. The van der Waals surface area contributed by atoms with Gasteiger partial charge in [-0.25, -0.2) is 4.98 Å². The van der Waals surface area contributed by atoms with E-state index in [1.165, 1.54) is 11.3 Å². The molecule has 0 aliphatic rings. The van der Waals surface area contributed by atoms with Gasteiger partial charge in [0.1, 0.15) is 23.1 Å². The highest BCUT2D eigenvalue weighted by Crippen LogP contribution is 2.24. The first kappa shape index (κ1) is 22.0. The van der Waals surface area contributed by atoms with Gasteiger partial charge in [0.05, 0.1) is 0 Å². The Morgan fingerprint density at radius 3 is 2.53 bits per heavy atom. The van der Waals surface area contributed by atoms with Crippen LogP contribution in [0.4, 0.5) is 5.69 Å². The van der Waals surface area contributed by atoms with Crippen molar-refractivity contribution in [3.8, 4) is 16.3 Å². The van der Waals surface area contributed by atoms with Gasteiger partial charge < -0.3 is 10.1 Å². The minimum atomic E-state index is -0.220. The van der Waals surface area contributed by atoms with Gasteiger partial charge in [-0.1, -0.05) is 50.2 Å². The predicted octanol–water partition coefficient (Wildman–Crippen LogP) is 5.56. The Bertz CT molecular complexity index is 921. The van der Waals surface area contributed by atoms with Crippen molar-refractivity contribution in [2.45, 2.75) is 26.7 Å². The highest BCUT2D eigenvalue weighted by atomic mass is 32.1. The van der Waals surface area contributed by atoms with Crippen LogP contribution in [0.3, 0.4) is 0 Å². The molecule has 0 spiro atoms. The van der Waals surface area contributed by atoms with Crippen molar-refractivity contribution in [2.75, 3.05) is 31.6 Å². The normalized spacial score (nSPS) is 10.9. The van der Waals surface area contributed by atoms with Gasteiger partial charge in [0, 0.05) is 29.2 Å². The fourth-order valence-corrected chi connectivity index (χ4v) is 4.02. The molecule has 0 saturated heterocycles. The lowest BCUT2D eigenvalue weighted by Gasteiger charge is -2.21. The molecule has 1 aromatic heterocycles. The number of amides is 1. The van der Waals surface area contributed by atoms with E-state index in [-0.39, 0.29) is 5.91 Å². The van der Waals surface area contributed by atoms with Crippen LogP contribution in [0.5, 0.6) is 5.75 Å². The lowest BCUT2D eigenvalue weighted by Crippen LogP contribution is -2.30. The average molecular weight is 424 g/mol. The molecule has 0 bridgehead atoms. The summed E-state index contributed by atoms with van der Waals surface area (Å²) in [6.07, 6.45) is 2.29. The molecule has 30 heavy (non-hydrogen) atoms. The first-order chi connectivity index (χ1) is 14.7. The molecule has 0 unspecified atom stereocenters. The van der Waals surface area contributed by atoms with Crippen LogP contribution in [0.15, 0.2) is 60.0 Å². The summed E-state index contributed by atoms with van der Waals surface area (Å²) in [5.74, 6) is 0.534. The molecule has 0 aliphatic heterocycles. The third-order valence-electron chi connectivity index (χ3n) is 4.61. The van der Waals surface area contributed by atoms with Crippen molar-refractivity contribution in [2.24, 2.45) is 0 Å². The van der Waals surface area contributed by atoms with E-state index in [1.54, 1.807) is 5.38 Å². The number of ether oxygens (including phenoxy) is 1. The summed E-state index contributed by atoms with van der Waals surface area (Å²) >= 11 is 1.47. The van der Waals surface area contributed by atoms with Crippen molar-refractivity contribution in [1.29, 1.82) is 0 Å². The molecule has 5 nitrogen and oxygen atoms in total. The van der Waals surface area contributed by atoms with Crippen LogP contribution in [-0.2, 0) is 0 Å². The number of anilines is 1. The van der Waals surface area contributed by atoms with E-state index in [1.807, 2.05) is 54.6 Å². The van der Waals surface area contributed by atoms with E-state index >= 15 is 0 Å². The van der Waals surface area contributed by atoms with Crippen LogP contribution in [0.25, 0.3) is 10.6 Å². The van der Waals surface area contributed by atoms with Gasteiger partial charge in [-0.2, -0.15) is 0 Å². The van der Waals surface area contributed by atoms with Crippen LogP contribution in [0.2, 0.25) is 0 Å². The molecule has 1 amide bonds. The van der Waals surface area contributed by atoms with Gasteiger partial charge in [0.2, 0.25) is 0 Å². The Balaban J connectivity index is 1.56. The average Bonchev–Trinajstić information content (AvgIpc) is 3.26. The van der Waals surface area contributed by atoms with Crippen LogP contribution < -0.4 is 10.1 Å². The summed E-state index contributed by atoms with van der Waals surface area (Å²) in [5, 5.41) is 5.54. The van der Waals surface area contributed by atoms with Crippen molar-refractivity contribution in [3.05, 3.63) is 65.7 Å². The summed E-state index contributed by atoms with van der Waals surface area (Å²) in [6, 6.07) is 17.4. The van der Waals surface area contributed by atoms with E-state index in [2.05, 4.69) is 29.0 Å². The number of nitrogens with one attached hydrogen (secondary N) is 1. The second kappa shape index (κ2) is 11.5. The second-order valence-electron chi connectivity index (χ2n) is 7.08. The van der Waals surface area contributed by atoms with Gasteiger partial charge in [0.25, 0.3) is 5.91 Å². The number of carbonyl (C=O) groups is 1. The molecule has 6 heteroatoms. The predicted molar refractivity (Wildman–Crippen MR) is 124 cm³/mol. The minimum Gasteiger partial charge on any atom is -0.492 e. The molecule has 3 rings (SSSR count). The zero-order valence-corrected chi connectivity index (χ0v) is 18.5. The van der Waals surface area contributed by atoms with Gasteiger partial charge in [0.15, 0.2) is 0 Å². The molecule has 1 heterocycles. The van der Waals surface area contributed by atoms with E-state index in [9.17, 15) is 4.79 Å². The first-order valence-electron chi connectivity index (χ1n) is 10.5. The number of nitrogens with zero attached hydrogens (tertiary/aromatic N) is 2. The Hall–Kier alpha value is -2.70. The highest BCUT2D eigenvalue weighted by molar-refractivity contribution is 7.13. The molecule has 3 aromatic rings. The lowest BCUT2D eigenvalue weighted by molar-refractivity contribution is 0.102. The van der Waals surface area contributed by atoms with Crippen molar-refractivity contribution in [3.63, 3.8) is 0 Å². The zero-order valence-electron chi connectivity index (χ0n) is 17.6. The number of aromatic nitrogens is 1. The highest BCUT2D eigenvalue weighted by Gasteiger charge is 2.12. The largest absolute Gasteiger partial charge is 0.492 e. The SMILES string of the molecule is CCCN(CCC)CCOc1cccc(NC(=O)c2csc(-c3ccccc3)n2)c1. The quantitative estimate of drug-likeness (QED) is 0.438. The molecule has 0 fully saturated rings. The Morgan fingerprint density at radius 2 is 1.80 bits per heavy atom. The molecule has 158 valence electrons. The first-order valence-corrected chi connectivity index (χ1v) is 11.3. The van der Waals surface area contributed by atoms with Gasteiger partial charge in [-0.05, 0) is 38.1 Å². The maximum absolute atomic E-state index is 12.6. The summed E-state index contributed by atoms with van der Waals surface area (Å²) in [5.41, 5.74) is 2.13. The maximum atomic E-state index is 12.6. The van der Waals surface area contributed by atoms with E-state index < -0.39 is 0 Å². The van der Waals surface area contributed by atoms with Crippen LogP contribution >= 0.6 is 11.3 Å². The van der Waals surface area contributed by atoms with Crippen LogP contribution in [0, 0.1) is 0 Å². The smallest absolute Gasteiger partial charge is 0.275 e. The zero-order chi connectivity index (χ0) is 21.2. The lowest BCUT2D eigenvalue weighted by atomic mass is 10.2.